The third-order valence-electron chi connectivity index (χ3n) is 6.93. The second-order valence-electron chi connectivity index (χ2n) is 9.44. The number of piperidine rings is 1. The molecule has 0 bridgehead atoms. The highest BCUT2D eigenvalue weighted by atomic mass is 19.3. The number of rotatable bonds is 5. The second-order valence-corrected chi connectivity index (χ2v) is 9.44. The molecule has 0 spiro atoms. The van der Waals surface area contributed by atoms with Gasteiger partial charge in [-0.2, -0.15) is 4.98 Å². The number of alkyl halides is 3. The van der Waals surface area contributed by atoms with Crippen molar-refractivity contribution in [1.82, 2.24) is 34.5 Å². The lowest BCUT2D eigenvalue weighted by Crippen LogP contribution is -2.46. The van der Waals surface area contributed by atoms with Crippen LogP contribution in [-0.4, -0.2) is 79.9 Å². The summed E-state index contributed by atoms with van der Waals surface area (Å²) in [6, 6.07) is 6.73. The van der Waals surface area contributed by atoms with Crippen LogP contribution >= 0.6 is 0 Å². The number of ether oxygens (including phenoxy) is 1. The summed E-state index contributed by atoms with van der Waals surface area (Å²) in [6.07, 6.45) is 0.930. The van der Waals surface area contributed by atoms with Gasteiger partial charge in [-0.1, -0.05) is 11.3 Å². The van der Waals surface area contributed by atoms with E-state index in [2.05, 4.69) is 25.7 Å². The summed E-state index contributed by atoms with van der Waals surface area (Å²) in [4.78, 5) is 6.46. The standard InChI is InChI=1S/C23H25F3N8O/c1-32-7-6-17(16(24)12-32)27-22-28-21(35-2)20-15(5-8-33(20)30-22)13-3-4-18-19(9-13)34(31-29-18)14-10-23(25,26)11-14/h3-5,8-9,14,16-17H,6-7,10-12H2,1-2H3,(H,27,30)/t16-,17+/m1/s1. The maximum atomic E-state index is 14.5. The van der Waals surface area contributed by atoms with Crippen LogP contribution in [0.3, 0.4) is 0 Å². The van der Waals surface area contributed by atoms with Gasteiger partial charge in [-0.15, -0.1) is 10.2 Å². The van der Waals surface area contributed by atoms with Crippen LogP contribution in [0.25, 0.3) is 27.7 Å². The lowest BCUT2D eigenvalue weighted by Gasteiger charge is -2.34. The molecule has 0 radical (unpaired) electrons. The molecule has 0 amide bonds. The Balaban J connectivity index is 1.35. The Morgan fingerprint density at radius 3 is 2.77 bits per heavy atom. The first-order valence-electron chi connectivity index (χ1n) is 11.6. The van der Waals surface area contributed by atoms with E-state index in [1.165, 1.54) is 7.11 Å². The molecule has 2 atom stereocenters. The first-order chi connectivity index (χ1) is 16.8. The van der Waals surface area contributed by atoms with Gasteiger partial charge in [0.15, 0.2) is 0 Å². The van der Waals surface area contributed by atoms with Gasteiger partial charge in [-0.3, -0.25) is 0 Å². The largest absolute Gasteiger partial charge is 0.479 e. The number of benzene rings is 1. The number of aromatic nitrogens is 6. The van der Waals surface area contributed by atoms with E-state index in [0.29, 0.717) is 35.4 Å². The van der Waals surface area contributed by atoms with E-state index >= 15 is 0 Å². The molecule has 4 heterocycles. The highest BCUT2D eigenvalue weighted by Crippen LogP contribution is 2.46. The number of likely N-dealkylation sites (tertiary alicyclic amines) is 1. The van der Waals surface area contributed by atoms with Crippen LogP contribution in [-0.2, 0) is 0 Å². The number of nitrogens with one attached hydrogen (secondary N) is 1. The fraction of sp³-hybridized carbons (Fsp3) is 0.478. The van der Waals surface area contributed by atoms with Gasteiger partial charge in [-0.25, -0.2) is 22.4 Å². The van der Waals surface area contributed by atoms with E-state index in [-0.39, 0.29) is 30.9 Å². The monoisotopic (exact) mass is 486 g/mol. The summed E-state index contributed by atoms with van der Waals surface area (Å²) in [5.41, 5.74) is 3.62. The minimum atomic E-state index is -2.65. The molecule has 12 heteroatoms. The molecule has 1 N–H and O–H groups in total. The lowest BCUT2D eigenvalue weighted by atomic mass is 9.88. The van der Waals surface area contributed by atoms with Gasteiger partial charge < -0.3 is 15.0 Å². The van der Waals surface area contributed by atoms with Gasteiger partial charge in [0.1, 0.15) is 17.2 Å². The van der Waals surface area contributed by atoms with E-state index in [0.717, 1.165) is 17.7 Å². The van der Waals surface area contributed by atoms with Gasteiger partial charge in [-0.05, 0) is 37.2 Å². The van der Waals surface area contributed by atoms with Crippen LogP contribution in [0.1, 0.15) is 25.3 Å². The summed E-state index contributed by atoms with van der Waals surface area (Å²) in [5, 5.41) is 15.9. The topological polar surface area (TPSA) is 85.4 Å². The molecule has 4 aromatic rings. The number of halogens is 3. The average Bonchev–Trinajstić information content (AvgIpc) is 3.42. The van der Waals surface area contributed by atoms with Crippen LogP contribution < -0.4 is 10.1 Å². The minimum absolute atomic E-state index is 0.237. The molecule has 9 nitrogen and oxygen atoms in total. The number of anilines is 1. The van der Waals surface area contributed by atoms with Crippen molar-refractivity contribution >= 4 is 22.5 Å². The van der Waals surface area contributed by atoms with Crippen molar-refractivity contribution in [1.29, 1.82) is 0 Å². The molecule has 3 aromatic heterocycles. The SMILES string of the molecule is COc1nc(N[C@H]2CCN(C)C[C@H]2F)nn2ccc(-c3ccc4nnn(C5CC(F)(F)C5)c4c3)c12. The number of methoxy groups -OCH3 is 1. The van der Waals surface area contributed by atoms with Crippen molar-refractivity contribution < 1.29 is 17.9 Å². The number of hydrogen-bond donors (Lipinski definition) is 1. The van der Waals surface area contributed by atoms with Crippen molar-refractivity contribution in [3.8, 4) is 17.0 Å². The smallest absolute Gasteiger partial charge is 0.252 e. The zero-order chi connectivity index (χ0) is 24.3. The van der Waals surface area contributed by atoms with Gasteiger partial charge in [0.05, 0.1) is 24.7 Å². The first-order valence-corrected chi connectivity index (χ1v) is 11.6. The Kier molecular flexibility index (Phi) is 5.09. The van der Waals surface area contributed by atoms with Crippen molar-refractivity contribution in [3.05, 3.63) is 30.5 Å². The van der Waals surface area contributed by atoms with Crippen LogP contribution in [0.15, 0.2) is 30.5 Å². The summed E-state index contributed by atoms with van der Waals surface area (Å²) >= 11 is 0. The Bertz CT molecular complexity index is 1390. The summed E-state index contributed by atoms with van der Waals surface area (Å²) in [5.74, 6) is -2.01. The maximum absolute atomic E-state index is 14.5. The summed E-state index contributed by atoms with van der Waals surface area (Å²) in [6.45, 7) is 1.15. The van der Waals surface area contributed by atoms with Crippen LogP contribution in [0, 0.1) is 0 Å². The Morgan fingerprint density at radius 1 is 1.20 bits per heavy atom. The van der Waals surface area contributed by atoms with Crippen molar-refractivity contribution in [2.75, 3.05) is 32.6 Å². The van der Waals surface area contributed by atoms with Crippen molar-refractivity contribution in [2.45, 2.75) is 43.4 Å². The molecule has 1 aromatic carbocycles. The Labute approximate surface area is 198 Å². The number of fused-ring (bicyclic) bond motifs is 2. The fourth-order valence-corrected chi connectivity index (χ4v) is 4.99. The van der Waals surface area contributed by atoms with Crippen LogP contribution in [0.2, 0.25) is 0 Å². The highest BCUT2D eigenvalue weighted by molar-refractivity contribution is 5.89. The van der Waals surface area contributed by atoms with E-state index in [9.17, 15) is 13.2 Å². The average molecular weight is 487 g/mol. The van der Waals surface area contributed by atoms with Gasteiger partial charge >= 0.3 is 0 Å². The van der Waals surface area contributed by atoms with Crippen LogP contribution in [0.4, 0.5) is 19.1 Å². The zero-order valence-electron chi connectivity index (χ0n) is 19.3. The van der Waals surface area contributed by atoms with Gasteiger partial charge in [0.2, 0.25) is 11.8 Å². The molecule has 184 valence electrons. The summed E-state index contributed by atoms with van der Waals surface area (Å²) in [7, 11) is 3.42. The third-order valence-corrected chi connectivity index (χ3v) is 6.93. The quantitative estimate of drug-likeness (QED) is 0.462. The van der Waals surface area contributed by atoms with E-state index in [4.69, 9.17) is 4.74 Å². The fourth-order valence-electron chi connectivity index (χ4n) is 4.99. The van der Waals surface area contributed by atoms with E-state index in [1.807, 2.05) is 36.2 Å². The predicted octanol–water partition coefficient (Wildman–Crippen LogP) is 3.57. The Morgan fingerprint density at radius 2 is 2.03 bits per heavy atom. The second kappa shape index (κ2) is 8.08. The predicted molar refractivity (Wildman–Crippen MR) is 124 cm³/mol. The van der Waals surface area contributed by atoms with Gasteiger partial charge in [0, 0.05) is 37.7 Å². The minimum Gasteiger partial charge on any atom is -0.479 e. The highest BCUT2D eigenvalue weighted by Gasteiger charge is 2.47. The molecule has 1 saturated carbocycles. The zero-order valence-corrected chi connectivity index (χ0v) is 19.3. The first kappa shape index (κ1) is 22.1. The third kappa shape index (κ3) is 3.85. The molecule has 0 unspecified atom stereocenters. The molecule has 35 heavy (non-hydrogen) atoms. The normalized spacial score (nSPS) is 23.0. The molecule has 1 aliphatic carbocycles. The molecule has 1 saturated heterocycles. The summed E-state index contributed by atoms with van der Waals surface area (Å²) < 4.78 is 50.2. The van der Waals surface area contributed by atoms with Crippen molar-refractivity contribution in [3.63, 3.8) is 0 Å². The molecular formula is C23H25F3N8O. The van der Waals surface area contributed by atoms with E-state index in [1.54, 1.807) is 15.4 Å². The molecule has 2 fully saturated rings. The number of nitrogens with zero attached hydrogens (tertiary/aromatic N) is 7. The van der Waals surface area contributed by atoms with Crippen LogP contribution in [0.5, 0.6) is 5.88 Å². The molecular weight excluding hydrogens is 461 g/mol. The van der Waals surface area contributed by atoms with E-state index < -0.39 is 12.1 Å². The Hall–Kier alpha value is -3.41. The van der Waals surface area contributed by atoms with Crippen molar-refractivity contribution in [2.24, 2.45) is 0 Å². The lowest BCUT2D eigenvalue weighted by molar-refractivity contribution is -0.106. The molecule has 1 aliphatic heterocycles. The molecule has 6 rings (SSSR count). The van der Waals surface area contributed by atoms with Gasteiger partial charge in [0.25, 0.3) is 5.92 Å². The molecule has 2 aliphatic rings. The maximum Gasteiger partial charge on any atom is 0.252 e. The number of hydrogen-bond acceptors (Lipinski definition) is 7.